The highest BCUT2D eigenvalue weighted by atomic mass is 16.5. The summed E-state index contributed by atoms with van der Waals surface area (Å²) in [4.78, 5) is 37.0. The lowest BCUT2D eigenvalue weighted by Gasteiger charge is -2.24. The molecule has 1 aliphatic rings. The molecule has 3 rings (SSSR count). The summed E-state index contributed by atoms with van der Waals surface area (Å²) in [5.74, 6) is -1.89. The fourth-order valence-electron chi connectivity index (χ4n) is 4.23. The molecule has 3 N–H and O–H groups in total. The van der Waals surface area contributed by atoms with Crippen molar-refractivity contribution in [1.29, 1.82) is 0 Å². The van der Waals surface area contributed by atoms with Crippen LogP contribution in [0.4, 0.5) is 4.79 Å². The second-order valence-corrected chi connectivity index (χ2v) is 8.43. The summed E-state index contributed by atoms with van der Waals surface area (Å²) in [7, 11) is 1.37. The van der Waals surface area contributed by atoms with E-state index in [2.05, 4.69) is 22.8 Å². The molecule has 0 spiro atoms. The lowest BCUT2D eigenvalue weighted by molar-refractivity contribution is -0.145. The lowest BCUT2D eigenvalue weighted by Crippen LogP contribution is -2.55. The van der Waals surface area contributed by atoms with Crippen molar-refractivity contribution in [2.75, 3.05) is 13.7 Å². The second kappa shape index (κ2) is 11.7. The largest absolute Gasteiger partial charge is 0.480 e. The Morgan fingerprint density at radius 1 is 1.00 bits per heavy atom. The summed E-state index contributed by atoms with van der Waals surface area (Å²) in [5.41, 5.74) is 4.43. The number of aliphatic carboxylic acids is 1. The average molecular weight is 469 g/mol. The van der Waals surface area contributed by atoms with Crippen molar-refractivity contribution in [2.45, 2.75) is 57.2 Å². The molecule has 0 bridgehead atoms. The number of rotatable bonds is 11. The first-order valence-electron chi connectivity index (χ1n) is 11.5. The Labute approximate surface area is 199 Å². The molecular formula is C26H32N2O6. The predicted molar refractivity (Wildman–Crippen MR) is 128 cm³/mol. The Morgan fingerprint density at radius 2 is 1.59 bits per heavy atom. The average Bonchev–Trinajstić information content (AvgIpc) is 3.16. The van der Waals surface area contributed by atoms with E-state index in [1.54, 1.807) is 6.92 Å². The summed E-state index contributed by atoms with van der Waals surface area (Å²) in [6.45, 7) is 3.65. The molecule has 0 saturated heterocycles. The topological polar surface area (TPSA) is 114 Å². The van der Waals surface area contributed by atoms with Crippen molar-refractivity contribution in [2.24, 2.45) is 0 Å². The van der Waals surface area contributed by atoms with E-state index in [0.717, 1.165) is 28.7 Å². The molecule has 2 aromatic carbocycles. The first-order valence-corrected chi connectivity index (χ1v) is 11.5. The SMILES string of the molecule is CCCC[C@H](NC(=O)OCC1c2ccccc2-c2ccccc21)C(=O)NC(C(=O)O)C(C)OC. The molecule has 34 heavy (non-hydrogen) atoms. The highest BCUT2D eigenvalue weighted by molar-refractivity contribution is 5.89. The Kier molecular flexibility index (Phi) is 8.65. The number of ether oxygens (including phenoxy) is 2. The number of carboxylic acid groups (broad SMARTS) is 1. The minimum atomic E-state index is -1.23. The summed E-state index contributed by atoms with van der Waals surface area (Å²) in [6.07, 6.45) is 0.402. The van der Waals surface area contributed by atoms with Gasteiger partial charge < -0.3 is 25.2 Å². The molecule has 2 unspecified atom stereocenters. The van der Waals surface area contributed by atoms with Crippen LogP contribution in [0.1, 0.15) is 50.2 Å². The molecule has 8 nitrogen and oxygen atoms in total. The van der Waals surface area contributed by atoms with E-state index in [-0.39, 0.29) is 12.5 Å². The quantitative estimate of drug-likeness (QED) is 0.464. The first-order chi connectivity index (χ1) is 16.4. The lowest BCUT2D eigenvalue weighted by atomic mass is 9.98. The van der Waals surface area contributed by atoms with Crippen LogP contribution < -0.4 is 10.6 Å². The van der Waals surface area contributed by atoms with Gasteiger partial charge in [0.05, 0.1) is 6.10 Å². The molecule has 0 fully saturated rings. The van der Waals surface area contributed by atoms with Gasteiger partial charge in [0.15, 0.2) is 6.04 Å². The van der Waals surface area contributed by atoms with E-state index in [0.29, 0.717) is 12.8 Å². The van der Waals surface area contributed by atoms with Gasteiger partial charge in [-0.25, -0.2) is 9.59 Å². The maximum atomic E-state index is 12.8. The minimum Gasteiger partial charge on any atom is -0.480 e. The number of hydrogen-bond donors (Lipinski definition) is 3. The van der Waals surface area contributed by atoms with Gasteiger partial charge in [0, 0.05) is 13.0 Å². The van der Waals surface area contributed by atoms with Gasteiger partial charge in [-0.05, 0) is 35.6 Å². The summed E-state index contributed by atoms with van der Waals surface area (Å²) >= 11 is 0. The standard InChI is InChI=1S/C26H32N2O6/c1-4-5-14-22(24(29)28-23(25(30)31)16(2)33-3)27-26(32)34-15-21-19-12-8-6-10-17(19)18-11-7-9-13-20(18)21/h6-13,16,21-23H,4-5,14-15H2,1-3H3,(H,27,32)(H,28,29)(H,30,31)/t16?,22-,23?/m0/s1. The number of alkyl carbamates (subject to hydrolysis) is 1. The highest BCUT2D eigenvalue weighted by Gasteiger charge is 2.32. The molecule has 0 aliphatic heterocycles. The van der Waals surface area contributed by atoms with Gasteiger partial charge in [-0.3, -0.25) is 4.79 Å². The van der Waals surface area contributed by atoms with Crippen LogP contribution in [0, 0.1) is 0 Å². The monoisotopic (exact) mass is 468 g/mol. The van der Waals surface area contributed by atoms with Crippen LogP contribution in [0.3, 0.4) is 0 Å². The Hall–Kier alpha value is -3.39. The van der Waals surface area contributed by atoms with Gasteiger partial charge in [-0.1, -0.05) is 68.3 Å². The number of amides is 2. The number of unbranched alkanes of at least 4 members (excludes halogenated alkanes) is 1. The van der Waals surface area contributed by atoms with Gasteiger partial charge in [-0.2, -0.15) is 0 Å². The molecule has 2 amide bonds. The van der Waals surface area contributed by atoms with Crippen LogP contribution in [0.25, 0.3) is 11.1 Å². The highest BCUT2D eigenvalue weighted by Crippen LogP contribution is 2.44. The summed E-state index contributed by atoms with van der Waals surface area (Å²) < 4.78 is 10.6. The van der Waals surface area contributed by atoms with E-state index in [1.807, 2.05) is 43.3 Å². The second-order valence-electron chi connectivity index (χ2n) is 8.43. The van der Waals surface area contributed by atoms with E-state index >= 15 is 0 Å². The molecule has 0 saturated carbocycles. The van der Waals surface area contributed by atoms with E-state index in [9.17, 15) is 19.5 Å². The number of benzene rings is 2. The van der Waals surface area contributed by atoms with Crippen LogP contribution in [-0.2, 0) is 19.1 Å². The maximum Gasteiger partial charge on any atom is 0.407 e. The number of carboxylic acids is 1. The molecule has 3 atom stereocenters. The van der Waals surface area contributed by atoms with Gasteiger partial charge in [-0.15, -0.1) is 0 Å². The number of nitrogens with one attached hydrogen (secondary N) is 2. The van der Waals surface area contributed by atoms with E-state index in [1.165, 1.54) is 7.11 Å². The van der Waals surface area contributed by atoms with Gasteiger partial charge in [0.2, 0.25) is 5.91 Å². The van der Waals surface area contributed by atoms with Crippen molar-refractivity contribution in [3.8, 4) is 11.1 Å². The molecular weight excluding hydrogens is 436 g/mol. The van der Waals surface area contributed by atoms with Crippen molar-refractivity contribution >= 4 is 18.0 Å². The molecule has 8 heteroatoms. The third kappa shape index (κ3) is 5.75. The fraction of sp³-hybridized carbons (Fsp3) is 0.423. The smallest absolute Gasteiger partial charge is 0.407 e. The van der Waals surface area contributed by atoms with E-state index < -0.39 is 36.2 Å². The Bertz CT molecular complexity index is 978. The number of carbonyl (C=O) groups is 3. The maximum absolute atomic E-state index is 12.8. The number of methoxy groups -OCH3 is 1. The molecule has 182 valence electrons. The third-order valence-electron chi connectivity index (χ3n) is 6.20. The number of carbonyl (C=O) groups excluding carboxylic acids is 2. The summed E-state index contributed by atoms with van der Waals surface area (Å²) in [6, 6.07) is 13.9. The molecule has 0 aromatic heterocycles. The van der Waals surface area contributed by atoms with Crippen molar-refractivity contribution in [1.82, 2.24) is 10.6 Å². The van der Waals surface area contributed by atoms with Crippen molar-refractivity contribution in [3.63, 3.8) is 0 Å². The first kappa shape index (κ1) is 25.2. The van der Waals surface area contributed by atoms with Crippen LogP contribution in [-0.4, -0.2) is 55.0 Å². The van der Waals surface area contributed by atoms with E-state index in [4.69, 9.17) is 9.47 Å². The third-order valence-corrected chi connectivity index (χ3v) is 6.20. The fourth-order valence-corrected chi connectivity index (χ4v) is 4.23. The van der Waals surface area contributed by atoms with Gasteiger partial charge in [0.25, 0.3) is 0 Å². The predicted octanol–water partition coefficient (Wildman–Crippen LogP) is 3.69. The normalized spacial score (nSPS) is 14.9. The van der Waals surface area contributed by atoms with Crippen molar-refractivity contribution < 1.29 is 29.0 Å². The van der Waals surface area contributed by atoms with Crippen LogP contribution in [0.5, 0.6) is 0 Å². The van der Waals surface area contributed by atoms with Crippen molar-refractivity contribution in [3.05, 3.63) is 59.7 Å². The molecule has 0 heterocycles. The number of fused-ring (bicyclic) bond motifs is 3. The molecule has 1 aliphatic carbocycles. The Morgan fingerprint density at radius 3 is 2.12 bits per heavy atom. The zero-order valence-electron chi connectivity index (χ0n) is 19.7. The van der Waals surface area contributed by atoms with Crippen LogP contribution in [0.2, 0.25) is 0 Å². The van der Waals surface area contributed by atoms with Crippen LogP contribution >= 0.6 is 0 Å². The zero-order valence-corrected chi connectivity index (χ0v) is 19.7. The number of hydrogen-bond acceptors (Lipinski definition) is 5. The van der Waals surface area contributed by atoms with Crippen LogP contribution in [0.15, 0.2) is 48.5 Å². The zero-order chi connectivity index (χ0) is 24.7. The Balaban J connectivity index is 1.66. The van der Waals surface area contributed by atoms with Gasteiger partial charge in [0.1, 0.15) is 12.6 Å². The molecule has 0 radical (unpaired) electrons. The minimum absolute atomic E-state index is 0.0972. The molecule has 2 aromatic rings. The van der Waals surface area contributed by atoms with Gasteiger partial charge >= 0.3 is 12.1 Å². The summed E-state index contributed by atoms with van der Waals surface area (Å²) in [5, 5.41) is 14.5.